The lowest BCUT2D eigenvalue weighted by atomic mass is 10.1. The zero-order valence-electron chi connectivity index (χ0n) is 9.41. The van der Waals surface area contributed by atoms with E-state index in [1.54, 1.807) is 0 Å². The molecule has 0 radical (unpaired) electrons. The Morgan fingerprint density at radius 2 is 2.06 bits per heavy atom. The van der Waals surface area contributed by atoms with Crippen molar-refractivity contribution in [1.82, 2.24) is 9.38 Å². The van der Waals surface area contributed by atoms with E-state index in [-0.39, 0.29) is 0 Å². The van der Waals surface area contributed by atoms with Crippen molar-refractivity contribution in [3.63, 3.8) is 0 Å². The van der Waals surface area contributed by atoms with Crippen molar-refractivity contribution in [1.29, 1.82) is 0 Å². The fraction of sp³-hybridized carbons (Fsp3) is 0.462. The maximum atomic E-state index is 4.77. The Kier molecular flexibility index (Phi) is 2.51. The predicted molar refractivity (Wildman–Crippen MR) is 68.8 cm³/mol. The van der Waals surface area contributed by atoms with Crippen molar-refractivity contribution in [2.75, 3.05) is 0 Å². The van der Waals surface area contributed by atoms with Gasteiger partial charge in [-0.1, -0.05) is 18.9 Å². The molecule has 0 amide bonds. The van der Waals surface area contributed by atoms with Crippen molar-refractivity contribution in [2.45, 2.75) is 38.5 Å². The number of hydrogen-bond acceptors (Lipinski definition) is 1. The Labute approximate surface area is 104 Å². The summed E-state index contributed by atoms with van der Waals surface area (Å²) in [4.78, 5) is 4.77. The summed E-state index contributed by atoms with van der Waals surface area (Å²) in [7, 11) is 0. The number of aryl methyl sites for hydroxylation is 1. The minimum Gasteiger partial charge on any atom is -0.290 e. The first kappa shape index (κ1) is 10.3. The van der Waals surface area contributed by atoms with Crippen LogP contribution in [0.5, 0.6) is 0 Å². The number of hydrogen-bond donors (Lipinski definition) is 0. The lowest BCUT2D eigenvalue weighted by Gasteiger charge is -2.09. The van der Waals surface area contributed by atoms with Crippen LogP contribution in [-0.4, -0.2) is 9.38 Å². The third-order valence-electron chi connectivity index (χ3n) is 3.54. The summed E-state index contributed by atoms with van der Waals surface area (Å²) in [6.07, 6.45) is 5.28. The summed E-state index contributed by atoms with van der Waals surface area (Å²) in [5.41, 5.74) is 2.37. The van der Waals surface area contributed by atoms with E-state index in [0.29, 0.717) is 5.92 Å². The predicted octanol–water partition coefficient (Wildman–Crippen LogP) is 4.06. The Hall–Kier alpha value is -0.830. The number of imidazole rings is 1. The Morgan fingerprint density at radius 1 is 1.31 bits per heavy atom. The smallest absolute Gasteiger partial charge is 0.117 e. The molecule has 16 heavy (non-hydrogen) atoms. The maximum Gasteiger partial charge on any atom is 0.117 e. The second-order valence-electron chi connectivity index (χ2n) is 4.61. The van der Waals surface area contributed by atoms with Crippen LogP contribution in [0, 0.1) is 6.92 Å². The van der Waals surface area contributed by atoms with Crippen LogP contribution >= 0.6 is 15.9 Å². The molecule has 0 spiro atoms. The number of fused-ring (bicyclic) bond motifs is 1. The van der Waals surface area contributed by atoms with Gasteiger partial charge in [0.25, 0.3) is 0 Å². The Bertz CT molecular complexity index is 524. The molecule has 1 fully saturated rings. The van der Waals surface area contributed by atoms with Crippen LogP contribution in [-0.2, 0) is 0 Å². The van der Waals surface area contributed by atoms with Crippen LogP contribution < -0.4 is 0 Å². The average molecular weight is 279 g/mol. The fourth-order valence-electron chi connectivity index (χ4n) is 2.74. The van der Waals surface area contributed by atoms with Gasteiger partial charge < -0.3 is 0 Å². The summed E-state index contributed by atoms with van der Waals surface area (Å²) >= 11 is 3.63. The van der Waals surface area contributed by atoms with E-state index >= 15 is 0 Å². The van der Waals surface area contributed by atoms with Crippen LogP contribution in [0.3, 0.4) is 0 Å². The second kappa shape index (κ2) is 3.88. The number of aromatic nitrogens is 2. The molecule has 2 heterocycles. The highest BCUT2D eigenvalue weighted by Gasteiger charge is 2.23. The molecule has 0 bridgehead atoms. The van der Waals surface area contributed by atoms with Crippen molar-refractivity contribution < 1.29 is 0 Å². The molecule has 1 aliphatic carbocycles. The van der Waals surface area contributed by atoms with E-state index in [4.69, 9.17) is 4.98 Å². The molecule has 2 aromatic rings. The van der Waals surface area contributed by atoms with Crippen LogP contribution in [0.1, 0.15) is 43.1 Å². The van der Waals surface area contributed by atoms with Crippen LogP contribution in [0.25, 0.3) is 5.52 Å². The first-order chi connectivity index (χ1) is 7.77. The zero-order valence-corrected chi connectivity index (χ0v) is 11.0. The molecule has 3 rings (SSSR count). The molecule has 84 valence electrons. The van der Waals surface area contributed by atoms with Gasteiger partial charge in [0.15, 0.2) is 0 Å². The van der Waals surface area contributed by atoms with Gasteiger partial charge in [-0.05, 0) is 47.8 Å². The lowest BCUT2D eigenvalue weighted by Crippen LogP contribution is -2.01. The molecule has 2 aromatic heterocycles. The van der Waals surface area contributed by atoms with E-state index in [1.165, 1.54) is 37.0 Å². The van der Waals surface area contributed by atoms with Gasteiger partial charge >= 0.3 is 0 Å². The molecule has 0 aromatic carbocycles. The summed E-state index contributed by atoms with van der Waals surface area (Å²) in [5, 5.41) is 0. The standard InChI is InChI=1S/C13H15BrN2/c1-9-11-7-4-8-12(14)16(11)13(15-9)10-5-2-3-6-10/h4,7-8,10H,2-3,5-6H2,1H3. The molecule has 1 aliphatic rings. The van der Waals surface area contributed by atoms with Gasteiger partial charge in [0.2, 0.25) is 0 Å². The van der Waals surface area contributed by atoms with Crippen molar-refractivity contribution in [3.05, 3.63) is 34.3 Å². The van der Waals surface area contributed by atoms with Gasteiger partial charge in [0.05, 0.1) is 15.8 Å². The third-order valence-corrected chi connectivity index (χ3v) is 4.16. The van der Waals surface area contributed by atoms with Gasteiger partial charge in [-0.3, -0.25) is 4.40 Å². The quantitative estimate of drug-likeness (QED) is 0.719. The number of pyridine rings is 1. The normalized spacial score (nSPS) is 17.4. The van der Waals surface area contributed by atoms with E-state index in [9.17, 15) is 0 Å². The van der Waals surface area contributed by atoms with Crippen LogP contribution in [0.15, 0.2) is 22.8 Å². The van der Waals surface area contributed by atoms with Gasteiger partial charge in [-0.2, -0.15) is 0 Å². The van der Waals surface area contributed by atoms with Gasteiger partial charge in [0.1, 0.15) is 5.82 Å². The van der Waals surface area contributed by atoms with Crippen LogP contribution in [0.2, 0.25) is 0 Å². The van der Waals surface area contributed by atoms with E-state index in [0.717, 1.165) is 10.3 Å². The number of halogens is 1. The molecule has 0 atom stereocenters. The Morgan fingerprint density at radius 3 is 2.81 bits per heavy atom. The van der Waals surface area contributed by atoms with E-state index < -0.39 is 0 Å². The summed E-state index contributed by atoms with van der Waals surface area (Å²) in [6, 6.07) is 6.31. The largest absolute Gasteiger partial charge is 0.290 e. The summed E-state index contributed by atoms with van der Waals surface area (Å²) in [6.45, 7) is 2.10. The highest BCUT2D eigenvalue weighted by molar-refractivity contribution is 9.10. The minimum absolute atomic E-state index is 0.653. The maximum absolute atomic E-state index is 4.77. The molecular weight excluding hydrogens is 264 g/mol. The van der Waals surface area contributed by atoms with E-state index in [1.807, 2.05) is 0 Å². The minimum atomic E-state index is 0.653. The second-order valence-corrected chi connectivity index (χ2v) is 5.42. The molecule has 2 nitrogen and oxygen atoms in total. The van der Waals surface area contributed by atoms with Gasteiger partial charge in [-0.15, -0.1) is 0 Å². The van der Waals surface area contributed by atoms with Crippen molar-refractivity contribution in [3.8, 4) is 0 Å². The van der Waals surface area contributed by atoms with Crippen molar-refractivity contribution >= 4 is 21.4 Å². The molecule has 1 saturated carbocycles. The highest BCUT2D eigenvalue weighted by atomic mass is 79.9. The molecule has 0 saturated heterocycles. The molecule has 0 aliphatic heterocycles. The number of nitrogens with zero attached hydrogens (tertiary/aromatic N) is 2. The Balaban J connectivity index is 2.24. The summed E-state index contributed by atoms with van der Waals surface area (Å²) < 4.78 is 3.39. The van der Waals surface area contributed by atoms with Crippen LogP contribution in [0.4, 0.5) is 0 Å². The zero-order chi connectivity index (χ0) is 11.1. The number of rotatable bonds is 1. The van der Waals surface area contributed by atoms with Crippen molar-refractivity contribution in [2.24, 2.45) is 0 Å². The molecule has 0 unspecified atom stereocenters. The summed E-state index contributed by atoms with van der Waals surface area (Å²) in [5.74, 6) is 1.90. The average Bonchev–Trinajstić information content (AvgIpc) is 2.87. The SMILES string of the molecule is Cc1nc(C2CCCC2)n2c(Br)cccc12. The topological polar surface area (TPSA) is 17.3 Å². The monoisotopic (exact) mass is 278 g/mol. The lowest BCUT2D eigenvalue weighted by molar-refractivity contribution is 0.661. The van der Waals surface area contributed by atoms with Gasteiger partial charge in [0, 0.05) is 5.92 Å². The molecular formula is C13H15BrN2. The first-order valence-electron chi connectivity index (χ1n) is 5.91. The van der Waals surface area contributed by atoms with Gasteiger partial charge in [-0.25, -0.2) is 4.98 Å². The molecule has 3 heteroatoms. The fourth-order valence-corrected chi connectivity index (χ4v) is 3.26. The van der Waals surface area contributed by atoms with E-state index in [2.05, 4.69) is 45.5 Å². The first-order valence-corrected chi connectivity index (χ1v) is 6.70. The molecule has 0 N–H and O–H groups in total. The highest BCUT2D eigenvalue weighted by Crippen LogP contribution is 2.35. The third kappa shape index (κ3) is 1.49.